The zero-order valence-corrected chi connectivity index (χ0v) is 17.3. The molecule has 0 bridgehead atoms. The number of benzene rings is 3. The molecular formula is C25H17N3O5. The molecule has 0 radical (unpaired) electrons. The third-order valence-corrected chi connectivity index (χ3v) is 5.01. The lowest BCUT2D eigenvalue weighted by molar-refractivity contribution is -0.119. The van der Waals surface area contributed by atoms with Gasteiger partial charge in [-0.3, -0.25) is 14.4 Å². The first-order valence-electron chi connectivity index (χ1n) is 9.98. The molecule has 1 aliphatic rings. The van der Waals surface area contributed by atoms with Crippen LogP contribution in [0, 0.1) is 11.3 Å². The molecule has 3 aromatic rings. The van der Waals surface area contributed by atoms with Gasteiger partial charge in [0.1, 0.15) is 0 Å². The highest BCUT2D eigenvalue weighted by molar-refractivity contribution is 6.34. The summed E-state index contributed by atoms with van der Waals surface area (Å²) in [7, 11) is 0. The van der Waals surface area contributed by atoms with Crippen molar-refractivity contribution in [2.45, 2.75) is 6.42 Å². The number of fused-ring (bicyclic) bond motifs is 1. The third-order valence-electron chi connectivity index (χ3n) is 5.01. The van der Waals surface area contributed by atoms with Crippen LogP contribution in [0.15, 0.2) is 72.8 Å². The average molecular weight is 439 g/mol. The number of nitrogens with one attached hydrogen (secondary N) is 1. The van der Waals surface area contributed by atoms with E-state index in [0.717, 1.165) is 10.5 Å². The Hall–Kier alpha value is -4.77. The summed E-state index contributed by atoms with van der Waals surface area (Å²) in [6, 6.07) is 21.1. The minimum absolute atomic E-state index is 0.170. The highest BCUT2D eigenvalue weighted by Gasteiger charge is 2.36. The van der Waals surface area contributed by atoms with Crippen molar-refractivity contribution < 1.29 is 23.9 Å². The number of rotatable bonds is 6. The van der Waals surface area contributed by atoms with Gasteiger partial charge < -0.3 is 10.1 Å². The molecule has 8 nitrogen and oxygen atoms in total. The molecule has 0 spiro atoms. The van der Waals surface area contributed by atoms with Gasteiger partial charge in [0, 0.05) is 5.69 Å². The highest BCUT2D eigenvalue weighted by Crippen LogP contribution is 2.28. The fraction of sp³-hybridized carbons (Fsp3) is 0.0800. The van der Waals surface area contributed by atoms with Crippen LogP contribution in [-0.2, 0) is 16.0 Å². The molecule has 0 saturated carbocycles. The summed E-state index contributed by atoms with van der Waals surface area (Å²) >= 11 is 0. The molecule has 33 heavy (non-hydrogen) atoms. The summed E-state index contributed by atoms with van der Waals surface area (Å²) < 4.78 is 5.04. The summed E-state index contributed by atoms with van der Waals surface area (Å²) in [5.41, 5.74) is 2.50. The monoisotopic (exact) mass is 439 g/mol. The van der Waals surface area contributed by atoms with E-state index in [0.29, 0.717) is 22.5 Å². The maximum atomic E-state index is 12.6. The van der Waals surface area contributed by atoms with Crippen LogP contribution in [0.2, 0.25) is 0 Å². The molecule has 0 atom stereocenters. The molecule has 0 saturated heterocycles. The number of amides is 3. The van der Waals surface area contributed by atoms with Crippen LogP contribution < -0.4 is 10.2 Å². The SMILES string of the molecule is N#CCc1ccc(NC(=O)COC(=O)c2ccc(N3C(=O)c4ccccc4C3=O)cc2)cc1. The van der Waals surface area contributed by atoms with Crippen molar-refractivity contribution in [1.29, 1.82) is 5.26 Å². The Balaban J connectivity index is 1.34. The highest BCUT2D eigenvalue weighted by atomic mass is 16.5. The van der Waals surface area contributed by atoms with Gasteiger partial charge in [-0.25, -0.2) is 9.69 Å². The molecule has 1 aliphatic heterocycles. The molecule has 1 heterocycles. The average Bonchev–Trinajstić information content (AvgIpc) is 3.09. The Morgan fingerprint density at radius 2 is 1.48 bits per heavy atom. The van der Waals surface area contributed by atoms with Crippen molar-refractivity contribution in [1.82, 2.24) is 0 Å². The lowest BCUT2D eigenvalue weighted by Gasteiger charge is -2.14. The van der Waals surface area contributed by atoms with Crippen LogP contribution in [0.3, 0.4) is 0 Å². The molecular weight excluding hydrogens is 422 g/mol. The molecule has 0 aromatic heterocycles. The van der Waals surface area contributed by atoms with Gasteiger partial charge in [-0.1, -0.05) is 24.3 Å². The van der Waals surface area contributed by atoms with E-state index in [1.807, 2.05) is 6.07 Å². The van der Waals surface area contributed by atoms with Crippen molar-refractivity contribution in [2.75, 3.05) is 16.8 Å². The largest absolute Gasteiger partial charge is 0.452 e. The van der Waals surface area contributed by atoms with Crippen molar-refractivity contribution in [3.8, 4) is 6.07 Å². The number of carbonyl (C=O) groups excluding carboxylic acids is 4. The first-order chi connectivity index (χ1) is 16.0. The third kappa shape index (κ3) is 4.48. The van der Waals surface area contributed by atoms with Gasteiger partial charge >= 0.3 is 5.97 Å². The lowest BCUT2D eigenvalue weighted by Crippen LogP contribution is -2.29. The molecule has 0 unspecified atom stereocenters. The Kier molecular flexibility index (Phi) is 5.96. The summed E-state index contributed by atoms with van der Waals surface area (Å²) in [5, 5.41) is 11.3. The van der Waals surface area contributed by atoms with E-state index in [-0.39, 0.29) is 12.0 Å². The van der Waals surface area contributed by atoms with Crippen LogP contribution in [0.25, 0.3) is 0 Å². The minimum Gasteiger partial charge on any atom is -0.452 e. The number of carbonyl (C=O) groups is 4. The quantitative estimate of drug-likeness (QED) is 0.465. The van der Waals surface area contributed by atoms with Gasteiger partial charge in [-0.15, -0.1) is 0 Å². The second-order valence-electron chi connectivity index (χ2n) is 7.19. The zero-order chi connectivity index (χ0) is 23.4. The van der Waals surface area contributed by atoms with Gasteiger partial charge in [0.2, 0.25) is 0 Å². The Morgan fingerprint density at radius 3 is 2.06 bits per heavy atom. The van der Waals surface area contributed by atoms with E-state index in [2.05, 4.69) is 5.32 Å². The van der Waals surface area contributed by atoms with Crippen LogP contribution in [0.5, 0.6) is 0 Å². The molecule has 3 aromatic carbocycles. The number of hydrogen-bond acceptors (Lipinski definition) is 6. The smallest absolute Gasteiger partial charge is 0.338 e. The first-order valence-corrected chi connectivity index (χ1v) is 9.98. The second-order valence-corrected chi connectivity index (χ2v) is 7.19. The number of nitrogens with zero attached hydrogens (tertiary/aromatic N) is 2. The van der Waals surface area contributed by atoms with Gasteiger partial charge in [0.15, 0.2) is 6.61 Å². The normalized spacial score (nSPS) is 12.2. The van der Waals surface area contributed by atoms with Crippen molar-refractivity contribution in [3.05, 3.63) is 95.1 Å². The molecule has 4 rings (SSSR count). The van der Waals surface area contributed by atoms with Gasteiger partial charge in [-0.05, 0) is 54.1 Å². The fourth-order valence-electron chi connectivity index (χ4n) is 3.38. The lowest BCUT2D eigenvalue weighted by atomic mass is 10.1. The van der Waals surface area contributed by atoms with Crippen LogP contribution in [0.1, 0.15) is 36.6 Å². The zero-order valence-electron chi connectivity index (χ0n) is 17.3. The first kappa shape index (κ1) is 21.5. The minimum atomic E-state index is -0.719. The van der Waals surface area contributed by atoms with Crippen molar-refractivity contribution >= 4 is 35.1 Å². The van der Waals surface area contributed by atoms with E-state index in [1.165, 1.54) is 24.3 Å². The molecule has 3 amide bonds. The van der Waals surface area contributed by atoms with E-state index >= 15 is 0 Å². The molecule has 0 aliphatic carbocycles. The topological polar surface area (TPSA) is 117 Å². The van der Waals surface area contributed by atoms with Gasteiger partial charge in [-0.2, -0.15) is 5.26 Å². The number of ether oxygens (including phenoxy) is 1. The predicted molar refractivity (Wildman–Crippen MR) is 119 cm³/mol. The Morgan fingerprint density at radius 1 is 0.879 bits per heavy atom. The van der Waals surface area contributed by atoms with Crippen LogP contribution >= 0.6 is 0 Å². The van der Waals surface area contributed by atoms with Gasteiger partial charge in [0.05, 0.1) is 34.9 Å². The van der Waals surface area contributed by atoms with Crippen molar-refractivity contribution in [2.24, 2.45) is 0 Å². The standard InChI is InChI=1S/C25H17N3O5/c26-14-13-16-5-9-18(10-6-16)27-22(29)15-33-25(32)17-7-11-19(12-8-17)28-23(30)20-3-1-2-4-21(20)24(28)31/h1-12H,13,15H2,(H,27,29). The van der Waals surface area contributed by atoms with Gasteiger partial charge in [0.25, 0.3) is 17.7 Å². The molecule has 0 fully saturated rings. The second kappa shape index (κ2) is 9.16. The Labute approximate surface area is 189 Å². The summed E-state index contributed by atoms with van der Waals surface area (Å²) in [6.07, 6.45) is 0.275. The number of anilines is 2. The fourth-order valence-corrected chi connectivity index (χ4v) is 3.38. The number of hydrogen-bond donors (Lipinski definition) is 1. The van der Waals surface area contributed by atoms with E-state index in [4.69, 9.17) is 10.00 Å². The maximum absolute atomic E-state index is 12.6. The summed E-state index contributed by atoms with van der Waals surface area (Å²) in [4.78, 5) is 50.5. The van der Waals surface area contributed by atoms with E-state index in [9.17, 15) is 19.2 Å². The number of nitriles is 1. The summed E-state index contributed by atoms with van der Waals surface area (Å²) in [5.74, 6) is -2.09. The summed E-state index contributed by atoms with van der Waals surface area (Å²) in [6.45, 7) is -0.487. The van der Waals surface area contributed by atoms with Crippen LogP contribution in [-0.4, -0.2) is 30.3 Å². The van der Waals surface area contributed by atoms with Crippen LogP contribution in [0.4, 0.5) is 11.4 Å². The van der Waals surface area contributed by atoms with E-state index in [1.54, 1.807) is 48.5 Å². The molecule has 8 heteroatoms. The van der Waals surface area contributed by atoms with E-state index < -0.39 is 30.3 Å². The molecule has 162 valence electrons. The number of esters is 1. The molecule has 1 N–H and O–H groups in total. The predicted octanol–water partition coefficient (Wildman–Crippen LogP) is 3.35. The maximum Gasteiger partial charge on any atom is 0.338 e. The van der Waals surface area contributed by atoms with Crippen molar-refractivity contribution in [3.63, 3.8) is 0 Å². The Bertz CT molecular complexity index is 1260. The number of imide groups is 1.